The van der Waals surface area contributed by atoms with E-state index in [-0.39, 0.29) is 24.0 Å². The molecule has 2 rings (SSSR count). The number of nitrogens with one attached hydrogen (secondary N) is 2. The number of halogens is 1. The Kier molecular flexibility index (Phi) is 11.4. The largest absolute Gasteiger partial charge is 0.490 e. The molecule has 0 aliphatic carbocycles. The van der Waals surface area contributed by atoms with Crippen LogP contribution in [0.25, 0.3) is 0 Å². The first kappa shape index (κ1) is 23.1. The van der Waals surface area contributed by atoms with Crippen molar-refractivity contribution in [2.24, 2.45) is 4.99 Å². The summed E-state index contributed by atoms with van der Waals surface area (Å²) in [7, 11) is 1.77. The SMILES string of the molecule is CCOc1ccc(CCNC(=NC)NCCc2ccco2)cc1OCC.I. The van der Waals surface area contributed by atoms with Gasteiger partial charge in [-0.05, 0) is 50.1 Å². The standard InChI is InChI=1S/C20H29N3O3.HI/c1-4-24-18-9-8-16(15-19(18)25-5-2)10-12-22-20(21-3)23-13-11-17-7-6-14-26-17;/h6-9,14-15H,4-5,10-13H2,1-3H3,(H2,21,22,23);1H. The van der Waals surface area contributed by atoms with Crippen LogP contribution in [0, 0.1) is 0 Å². The number of rotatable bonds is 10. The lowest BCUT2D eigenvalue weighted by Crippen LogP contribution is -2.39. The lowest BCUT2D eigenvalue weighted by molar-refractivity contribution is 0.287. The average molecular weight is 487 g/mol. The Morgan fingerprint density at radius 1 is 1.00 bits per heavy atom. The Labute approximate surface area is 178 Å². The Hall–Kier alpha value is -1.90. The molecule has 0 bridgehead atoms. The van der Waals surface area contributed by atoms with E-state index in [9.17, 15) is 0 Å². The number of furan rings is 1. The van der Waals surface area contributed by atoms with Crippen molar-refractivity contribution in [3.05, 3.63) is 47.9 Å². The zero-order valence-electron chi connectivity index (χ0n) is 16.3. The van der Waals surface area contributed by atoms with E-state index in [1.54, 1.807) is 13.3 Å². The fourth-order valence-electron chi connectivity index (χ4n) is 2.56. The summed E-state index contributed by atoms with van der Waals surface area (Å²) < 4.78 is 16.6. The second-order valence-electron chi connectivity index (χ2n) is 5.65. The van der Waals surface area contributed by atoms with Crippen LogP contribution >= 0.6 is 24.0 Å². The van der Waals surface area contributed by atoms with Gasteiger partial charge in [0.05, 0.1) is 19.5 Å². The number of benzene rings is 1. The number of aliphatic imine (C=N–C) groups is 1. The summed E-state index contributed by atoms with van der Waals surface area (Å²) in [5.74, 6) is 3.34. The molecule has 0 radical (unpaired) electrons. The van der Waals surface area contributed by atoms with Crippen molar-refractivity contribution in [1.29, 1.82) is 0 Å². The van der Waals surface area contributed by atoms with Gasteiger partial charge < -0.3 is 24.5 Å². The average Bonchev–Trinajstić information content (AvgIpc) is 3.16. The molecule has 0 atom stereocenters. The molecule has 0 fully saturated rings. The van der Waals surface area contributed by atoms with Gasteiger partial charge in [0.15, 0.2) is 17.5 Å². The van der Waals surface area contributed by atoms with Gasteiger partial charge in [0, 0.05) is 26.6 Å². The number of nitrogens with zero attached hydrogens (tertiary/aromatic N) is 1. The third-order valence-electron chi connectivity index (χ3n) is 3.78. The maximum Gasteiger partial charge on any atom is 0.191 e. The molecule has 2 aromatic rings. The lowest BCUT2D eigenvalue weighted by Gasteiger charge is -2.14. The highest BCUT2D eigenvalue weighted by atomic mass is 127. The number of hydrogen-bond acceptors (Lipinski definition) is 4. The van der Waals surface area contributed by atoms with Gasteiger partial charge >= 0.3 is 0 Å². The zero-order valence-corrected chi connectivity index (χ0v) is 18.6. The third-order valence-corrected chi connectivity index (χ3v) is 3.78. The van der Waals surface area contributed by atoms with Crippen molar-refractivity contribution in [2.45, 2.75) is 26.7 Å². The van der Waals surface area contributed by atoms with E-state index in [4.69, 9.17) is 13.9 Å². The highest BCUT2D eigenvalue weighted by Gasteiger charge is 2.06. The summed E-state index contributed by atoms with van der Waals surface area (Å²) in [5.41, 5.74) is 1.19. The normalized spacial score (nSPS) is 10.9. The highest BCUT2D eigenvalue weighted by Crippen LogP contribution is 2.28. The molecule has 150 valence electrons. The van der Waals surface area contributed by atoms with Gasteiger partial charge in [0.1, 0.15) is 5.76 Å². The summed E-state index contributed by atoms with van der Waals surface area (Å²) in [6, 6.07) is 9.96. The van der Waals surface area contributed by atoms with Crippen LogP contribution in [-0.2, 0) is 12.8 Å². The number of ether oxygens (including phenoxy) is 2. The number of hydrogen-bond donors (Lipinski definition) is 2. The first-order chi connectivity index (χ1) is 12.8. The molecular formula is C20H30IN3O3. The maximum atomic E-state index is 5.68. The summed E-state index contributed by atoms with van der Waals surface area (Å²) in [5, 5.41) is 6.61. The number of guanidine groups is 1. The van der Waals surface area contributed by atoms with Crippen LogP contribution in [0.2, 0.25) is 0 Å². The van der Waals surface area contributed by atoms with Crippen LogP contribution < -0.4 is 20.1 Å². The van der Waals surface area contributed by atoms with Crippen molar-refractivity contribution in [3.63, 3.8) is 0 Å². The summed E-state index contributed by atoms with van der Waals surface area (Å²) >= 11 is 0. The molecule has 0 amide bonds. The molecule has 1 heterocycles. The van der Waals surface area contributed by atoms with Crippen LogP contribution in [0.15, 0.2) is 46.0 Å². The Morgan fingerprint density at radius 2 is 1.70 bits per heavy atom. The molecule has 2 N–H and O–H groups in total. The van der Waals surface area contributed by atoms with Gasteiger partial charge in [0.2, 0.25) is 0 Å². The molecule has 0 unspecified atom stereocenters. The molecule has 7 heteroatoms. The van der Waals surface area contributed by atoms with Crippen molar-refractivity contribution in [1.82, 2.24) is 10.6 Å². The van der Waals surface area contributed by atoms with E-state index in [2.05, 4.69) is 21.7 Å². The highest BCUT2D eigenvalue weighted by molar-refractivity contribution is 14.0. The summed E-state index contributed by atoms with van der Waals surface area (Å²) in [4.78, 5) is 4.24. The first-order valence-electron chi connectivity index (χ1n) is 9.12. The fourth-order valence-corrected chi connectivity index (χ4v) is 2.56. The van der Waals surface area contributed by atoms with Crippen LogP contribution in [0.5, 0.6) is 11.5 Å². The molecule has 6 nitrogen and oxygen atoms in total. The Bertz CT molecular complexity index is 675. The first-order valence-corrected chi connectivity index (χ1v) is 9.12. The smallest absolute Gasteiger partial charge is 0.191 e. The van der Waals surface area contributed by atoms with E-state index >= 15 is 0 Å². The lowest BCUT2D eigenvalue weighted by atomic mass is 10.1. The van der Waals surface area contributed by atoms with Crippen LogP contribution in [0.1, 0.15) is 25.2 Å². The molecule has 0 saturated carbocycles. The minimum absolute atomic E-state index is 0. The van der Waals surface area contributed by atoms with E-state index in [1.807, 2.05) is 38.1 Å². The summed E-state index contributed by atoms with van der Waals surface area (Å²) in [6.45, 7) is 6.74. The van der Waals surface area contributed by atoms with E-state index in [0.717, 1.165) is 49.1 Å². The van der Waals surface area contributed by atoms with Crippen molar-refractivity contribution >= 4 is 29.9 Å². The quantitative estimate of drug-likeness (QED) is 0.304. The molecule has 0 saturated heterocycles. The minimum atomic E-state index is 0. The Morgan fingerprint density at radius 3 is 2.33 bits per heavy atom. The molecule has 0 aliphatic heterocycles. The van der Waals surface area contributed by atoms with Gasteiger partial charge in [-0.2, -0.15) is 0 Å². The van der Waals surface area contributed by atoms with Crippen molar-refractivity contribution in [3.8, 4) is 11.5 Å². The summed E-state index contributed by atoms with van der Waals surface area (Å²) in [6.07, 6.45) is 3.38. The predicted octanol–water partition coefficient (Wildman–Crippen LogP) is 3.65. The van der Waals surface area contributed by atoms with Gasteiger partial charge in [-0.25, -0.2) is 0 Å². The van der Waals surface area contributed by atoms with E-state index < -0.39 is 0 Å². The zero-order chi connectivity index (χ0) is 18.6. The van der Waals surface area contributed by atoms with Crippen LogP contribution in [0.4, 0.5) is 0 Å². The molecule has 27 heavy (non-hydrogen) atoms. The maximum absolute atomic E-state index is 5.68. The Balaban J connectivity index is 0.00000364. The second-order valence-corrected chi connectivity index (χ2v) is 5.65. The molecule has 1 aromatic carbocycles. The topological polar surface area (TPSA) is 68.0 Å². The van der Waals surface area contributed by atoms with E-state index in [1.165, 1.54) is 5.56 Å². The van der Waals surface area contributed by atoms with Crippen LogP contribution in [0.3, 0.4) is 0 Å². The molecular weight excluding hydrogens is 457 g/mol. The van der Waals surface area contributed by atoms with Crippen molar-refractivity contribution < 1.29 is 13.9 Å². The monoisotopic (exact) mass is 487 g/mol. The molecule has 1 aromatic heterocycles. The fraction of sp³-hybridized carbons (Fsp3) is 0.450. The predicted molar refractivity (Wildman–Crippen MR) is 120 cm³/mol. The molecule has 0 aliphatic rings. The van der Waals surface area contributed by atoms with Crippen LogP contribution in [-0.4, -0.2) is 39.3 Å². The van der Waals surface area contributed by atoms with Crippen molar-refractivity contribution in [2.75, 3.05) is 33.4 Å². The van der Waals surface area contributed by atoms with Gasteiger partial charge in [-0.15, -0.1) is 24.0 Å². The minimum Gasteiger partial charge on any atom is -0.490 e. The van der Waals surface area contributed by atoms with E-state index in [0.29, 0.717) is 13.2 Å². The van der Waals surface area contributed by atoms with Gasteiger partial charge in [0.25, 0.3) is 0 Å². The third kappa shape index (κ3) is 8.11. The molecule has 0 spiro atoms. The second kappa shape index (κ2) is 13.3. The van der Waals surface area contributed by atoms with Gasteiger partial charge in [-0.3, -0.25) is 4.99 Å². The van der Waals surface area contributed by atoms with Gasteiger partial charge in [-0.1, -0.05) is 6.07 Å².